The van der Waals surface area contributed by atoms with E-state index in [0.717, 1.165) is 12.7 Å². The van der Waals surface area contributed by atoms with Crippen molar-refractivity contribution < 1.29 is 28.8 Å². The predicted octanol–water partition coefficient (Wildman–Crippen LogP) is 2.73. The third kappa shape index (κ3) is 4.16. The van der Waals surface area contributed by atoms with Crippen LogP contribution in [0.25, 0.3) is 0 Å². The van der Waals surface area contributed by atoms with Gasteiger partial charge in [0.05, 0.1) is 12.0 Å². The number of fused-ring (bicyclic) bond motifs is 1. The molecule has 0 N–H and O–H groups in total. The van der Waals surface area contributed by atoms with Crippen LogP contribution in [0.1, 0.15) is 25.0 Å². The second-order valence-electron chi connectivity index (χ2n) is 8.65. The second kappa shape index (κ2) is 9.14. The predicted molar refractivity (Wildman–Crippen MR) is 128 cm³/mol. The average Bonchev–Trinajstić information content (AvgIpc) is 3.11. The fourth-order valence-corrected chi connectivity index (χ4v) is 5.88. The van der Waals surface area contributed by atoms with Crippen LogP contribution in [-0.2, 0) is 30.5 Å². The maximum atomic E-state index is 13.4. The van der Waals surface area contributed by atoms with Crippen LogP contribution in [0.2, 0.25) is 0 Å². The first-order valence-corrected chi connectivity index (χ1v) is 11.6. The Morgan fingerprint density at radius 2 is 1.83 bits per heavy atom. The van der Waals surface area contributed by atoms with Gasteiger partial charge in [-0.05, 0) is 37.1 Å². The van der Waals surface area contributed by atoms with Crippen LogP contribution in [0.15, 0.2) is 59.6 Å². The Bertz CT molecular complexity index is 1200. The summed E-state index contributed by atoms with van der Waals surface area (Å²) in [6, 6.07) is 13.8. The van der Waals surface area contributed by atoms with Gasteiger partial charge in [-0.2, -0.15) is 0 Å². The van der Waals surface area contributed by atoms with Crippen molar-refractivity contribution in [3.8, 4) is 0 Å². The van der Waals surface area contributed by atoms with E-state index >= 15 is 0 Å². The molecule has 2 aromatic carbocycles. The molecule has 2 heterocycles. The van der Waals surface area contributed by atoms with Crippen molar-refractivity contribution in [1.29, 1.82) is 0 Å². The number of aliphatic imine (C=N–C) groups is 1. The van der Waals surface area contributed by atoms with Crippen LogP contribution in [0.5, 0.6) is 0 Å². The Morgan fingerprint density at radius 3 is 2.43 bits per heavy atom. The first-order valence-electron chi connectivity index (χ1n) is 10.7. The van der Waals surface area contributed by atoms with Gasteiger partial charge < -0.3 is 14.4 Å². The number of β-lactam (4-membered cyclic amide) rings is 1. The van der Waals surface area contributed by atoms with Gasteiger partial charge in [-0.25, -0.2) is 9.59 Å². The van der Waals surface area contributed by atoms with E-state index in [1.54, 1.807) is 13.8 Å². The normalized spacial score (nSPS) is 24.5. The summed E-state index contributed by atoms with van der Waals surface area (Å²) < 4.78 is 9.68. The molecule has 10 nitrogen and oxygen atoms in total. The quantitative estimate of drug-likeness (QED) is 0.143. The molecule has 2 saturated heterocycles. The van der Waals surface area contributed by atoms with Gasteiger partial charge in [0.15, 0.2) is 0 Å². The van der Waals surface area contributed by atoms with Crippen molar-refractivity contribution in [2.75, 3.05) is 7.11 Å². The highest BCUT2D eigenvalue weighted by Crippen LogP contribution is 2.56. The Hall–Kier alpha value is -3.73. The fraction of sp³-hybridized carbons (Fsp3) is 0.333. The zero-order valence-corrected chi connectivity index (χ0v) is 20.1. The number of hydrogen-bond acceptors (Lipinski definition) is 9. The summed E-state index contributed by atoms with van der Waals surface area (Å²) in [5.41, 5.74) is -0.688. The number of rotatable bonds is 7. The first-order chi connectivity index (χ1) is 16.6. The van der Waals surface area contributed by atoms with Crippen molar-refractivity contribution in [1.82, 2.24) is 4.90 Å². The highest BCUT2D eigenvalue weighted by molar-refractivity contribution is 8.01. The number of esters is 2. The van der Waals surface area contributed by atoms with E-state index in [0.29, 0.717) is 5.56 Å². The lowest BCUT2D eigenvalue weighted by Crippen LogP contribution is -2.76. The largest absolute Gasteiger partial charge is 0.467 e. The number of hydrogen-bond donors (Lipinski definition) is 0. The molecule has 0 unspecified atom stereocenters. The maximum Gasteiger partial charge on any atom is 0.346 e. The fourth-order valence-electron chi connectivity index (χ4n) is 4.20. The number of nitro groups is 1. The van der Waals surface area contributed by atoms with E-state index < -0.39 is 44.5 Å². The number of carbonyl (C=O) groups is 3. The Kier molecular flexibility index (Phi) is 6.37. The molecule has 0 bridgehead atoms. The summed E-state index contributed by atoms with van der Waals surface area (Å²) in [7, 11) is 1.16. The molecular formula is C24H23N3O7S. The van der Waals surface area contributed by atoms with Crippen LogP contribution >= 0.6 is 11.8 Å². The van der Waals surface area contributed by atoms with Gasteiger partial charge in [0.25, 0.3) is 17.1 Å². The monoisotopic (exact) mass is 497 g/mol. The molecule has 4 rings (SSSR count). The lowest BCUT2D eigenvalue weighted by Gasteiger charge is -2.48. The van der Waals surface area contributed by atoms with Gasteiger partial charge >= 0.3 is 11.9 Å². The summed E-state index contributed by atoms with van der Waals surface area (Å²) in [4.78, 5) is 55.3. The number of carbonyl (C=O) groups excluding carboxylic acids is 3. The van der Waals surface area contributed by atoms with Gasteiger partial charge in [-0.15, -0.1) is 11.8 Å². The molecule has 0 spiro atoms. The SMILES string of the molecule is COC(=O)[C@@]1(N=Cc2ccc([N+](=O)[O-])cc2)C(=O)N2[C@@H](C(=O)OCc3ccccc3)C(C)(C)S[C@@H]21. The van der Waals surface area contributed by atoms with Gasteiger partial charge in [0, 0.05) is 23.1 Å². The Labute approximate surface area is 205 Å². The zero-order chi connectivity index (χ0) is 25.4. The second-order valence-corrected chi connectivity index (χ2v) is 10.4. The van der Waals surface area contributed by atoms with E-state index in [1.807, 2.05) is 30.3 Å². The number of ether oxygens (including phenoxy) is 2. The highest BCUT2D eigenvalue weighted by Gasteiger charge is 2.75. The number of benzene rings is 2. The molecule has 1 amide bonds. The van der Waals surface area contributed by atoms with E-state index in [1.165, 1.54) is 47.1 Å². The highest BCUT2D eigenvalue weighted by atomic mass is 32.2. The molecule has 182 valence electrons. The maximum absolute atomic E-state index is 13.4. The summed E-state index contributed by atoms with van der Waals surface area (Å²) in [5, 5.41) is 10.1. The lowest BCUT2D eigenvalue weighted by molar-refractivity contribution is -0.384. The molecule has 0 radical (unpaired) electrons. The van der Waals surface area contributed by atoms with E-state index in [2.05, 4.69) is 4.99 Å². The molecule has 11 heteroatoms. The average molecular weight is 498 g/mol. The summed E-state index contributed by atoms with van der Waals surface area (Å²) in [6.45, 7) is 3.67. The molecule has 2 aliphatic rings. The van der Waals surface area contributed by atoms with Crippen LogP contribution in [0.4, 0.5) is 5.69 Å². The minimum Gasteiger partial charge on any atom is -0.467 e. The van der Waals surface area contributed by atoms with E-state index in [-0.39, 0.29) is 12.3 Å². The van der Waals surface area contributed by atoms with Crippen molar-refractivity contribution in [3.63, 3.8) is 0 Å². The standard InChI is InChI=1S/C24H23N3O7S/c1-23(2)18(19(28)34-14-16-7-5-4-6-8-16)26-20(29)24(21(26)35-23,22(30)33-3)25-13-15-9-11-17(12-10-15)27(31)32/h4-13,18,21H,14H2,1-3H3/t18-,21+,24+/m0/s1. The Balaban J connectivity index is 1.59. The van der Waals surface area contributed by atoms with Crippen LogP contribution < -0.4 is 0 Å². The minimum atomic E-state index is -1.87. The molecule has 2 aliphatic heterocycles. The molecular weight excluding hydrogens is 474 g/mol. The first kappa shape index (κ1) is 24.4. The molecule has 3 atom stereocenters. The number of nitrogens with zero attached hydrogens (tertiary/aromatic N) is 3. The van der Waals surface area contributed by atoms with Gasteiger partial charge in [0.1, 0.15) is 18.0 Å². The summed E-state index contributed by atoms with van der Waals surface area (Å²) >= 11 is 1.27. The van der Waals surface area contributed by atoms with Gasteiger partial charge in [-0.3, -0.25) is 19.9 Å². The van der Waals surface area contributed by atoms with Crippen molar-refractivity contribution in [2.45, 2.75) is 42.2 Å². The number of methoxy groups -OCH3 is 1. The molecule has 2 fully saturated rings. The third-order valence-corrected chi connectivity index (χ3v) is 7.61. The number of non-ortho nitro benzene ring substituents is 1. The number of nitro benzene ring substituents is 1. The van der Waals surface area contributed by atoms with Crippen LogP contribution in [-0.4, -0.2) is 62.7 Å². The molecule has 0 aliphatic carbocycles. The van der Waals surface area contributed by atoms with Gasteiger partial charge in [-0.1, -0.05) is 30.3 Å². The van der Waals surface area contributed by atoms with Gasteiger partial charge in [0.2, 0.25) is 0 Å². The Morgan fingerprint density at radius 1 is 1.17 bits per heavy atom. The molecule has 2 aromatic rings. The summed E-state index contributed by atoms with van der Waals surface area (Å²) in [5.74, 6) is -2.07. The minimum absolute atomic E-state index is 0.0596. The molecule has 0 saturated carbocycles. The zero-order valence-electron chi connectivity index (χ0n) is 19.2. The number of amides is 1. The number of thioether (sulfide) groups is 1. The van der Waals surface area contributed by atoms with Crippen molar-refractivity contribution in [2.24, 2.45) is 4.99 Å². The van der Waals surface area contributed by atoms with Crippen LogP contribution in [0.3, 0.4) is 0 Å². The van der Waals surface area contributed by atoms with E-state index in [4.69, 9.17) is 9.47 Å². The van der Waals surface area contributed by atoms with Crippen molar-refractivity contribution in [3.05, 3.63) is 75.8 Å². The van der Waals surface area contributed by atoms with Crippen LogP contribution in [0, 0.1) is 10.1 Å². The topological polar surface area (TPSA) is 128 Å². The van der Waals surface area contributed by atoms with E-state index in [9.17, 15) is 24.5 Å². The molecule has 0 aromatic heterocycles. The third-order valence-electron chi connectivity index (χ3n) is 5.99. The summed E-state index contributed by atoms with van der Waals surface area (Å²) in [6.07, 6.45) is 1.31. The molecule has 35 heavy (non-hydrogen) atoms. The van der Waals surface area contributed by atoms with Crippen molar-refractivity contribution >= 4 is 41.5 Å². The lowest BCUT2D eigenvalue weighted by atomic mass is 9.85. The smallest absolute Gasteiger partial charge is 0.346 e.